The number of ether oxygens (including phenoxy) is 1. The van der Waals surface area contributed by atoms with Gasteiger partial charge in [-0.1, -0.05) is 0 Å². The fourth-order valence-electron chi connectivity index (χ4n) is 3.79. The maximum atomic E-state index is 9.77. The summed E-state index contributed by atoms with van der Waals surface area (Å²) in [6.07, 6.45) is 13.4. The van der Waals surface area contributed by atoms with Crippen LogP contribution in [-0.2, 0) is 6.42 Å². The van der Waals surface area contributed by atoms with E-state index in [4.69, 9.17) is 4.74 Å². The Morgan fingerprint density at radius 3 is 2.93 bits per heavy atom. The van der Waals surface area contributed by atoms with Gasteiger partial charge in [0.15, 0.2) is 0 Å². The van der Waals surface area contributed by atoms with E-state index < -0.39 is 0 Å². The predicted octanol–water partition coefficient (Wildman–Crippen LogP) is 4.63. The van der Waals surface area contributed by atoms with E-state index in [0.717, 1.165) is 42.8 Å². The molecule has 0 radical (unpaired) electrons. The van der Waals surface area contributed by atoms with Crippen molar-refractivity contribution in [1.82, 2.24) is 0 Å². The van der Waals surface area contributed by atoms with Crippen LogP contribution in [0.5, 0.6) is 11.5 Å². The molecule has 0 atom stereocenters. The van der Waals surface area contributed by atoms with Crippen molar-refractivity contribution < 1.29 is 9.84 Å². The van der Waals surface area contributed by atoms with Gasteiger partial charge < -0.3 is 0 Å². The molecule has 0 spiro atoms. The van der Waals surface area contributed by atoms with E-state index >= 15 is 0 Å². The van der Waals surface area contributed by atoms with Crippen LogP contribution in [0.1, 0.15) is 30.4 Å². The summed E-state index contributed by atoms with van der Waals surface area (Å²) in [6.45, 7) is 0. The van der Waals surface area contributed by atoms with E-state index in [1.54, 1.807) is 12.1 Å². The van der Waals surface area contributed by atoms with Crippen LogP contribution < -0.4 is 9.20 Å². The van der Waals surface area contributed by atoms with Crippen LogP contribution in [-0.4, -0.2) is 20.1 Å². The van der Waals surface area contributed by atoms with E-state index in [1.807, 2.05) is 6.07 Å². The van der Waals surface area contributed by atoms with Gasteiger partial charge >= 0.3 is 166 Å². The van der Waals surface area contributed by atoms with Gasteiger partial charge in [-0.15, -0.1) is 0 Å². The fourth-order valence-corrected chi connectivity index (χ4v) is 5.86. The molecule has 3 aliphatic rings. The standard InChI is InChI=1S/C24H20O2Se/c25-20-11-8-18-14-19-6-3-5-17(24(19)26-22(18)15-20)10-13-21-12-9-16-4-1-2-7-23(16)27-21/h1-2,4,7-8,10-15,25H,3,5-6,9H2. The molecule has 2 nitrogen and oxygen atoms in total. The van der Waals surface area contributed by atoms with Gasteiger partial charge in [-0.25, -0.2) is 0 Å². The normalized spacial score (nSPS) is 18.2. The molecule has 2 heterocycles. The molecule has 3 heteroatoms. The third-order valence-corrected chi connectivity index (χ3v) is 7.61. The molecule has 0 fully saturated rings. The Kier molecular flexibility index (Phi) is 4.27. The van der Waals surface area contributed by atoms with Crippen LogP contribution in [0, 0.1) is 0 Å². The third-order valence-electron chi connectivity index (χ3n) is 5.19. The van der Waals surface area contributed by atoms with Crippen LogP contribution in [0.2, 0.25) is 0 Å². The van der Waals surface area contributed by atoms with Gasteiger partial charge in [0.1, 0.15) is 0 Å². The zero-order valence-electron chi connectivity index (χ0n) is 14.9. The average molecular weight is 419 g/mol. The number of aromatic hydroxyl groups is 1. The Hall–Kier alpha value is -2.48. The summed E-state index contributed by atoms with van der Waals surface area (Å²) in [6, 6.07) is 14.1. The van der Waals surface area contributed by atoms with E-state index in [2.05, 4.69) is 48.6 Å². The second kappa shape index (κ2) is 6.92. The molecule has 27 heavy (non-hydrogen) atoms. The molecule has 5 rings (SSSR count). The molecule has 0 unspecified atom stereocenters. The summed E-state index contributed by atoms with van der Waals surface area (Å²) in [5.74, 6) is 1.98. The summed E-state index contributed by atoms with van der Waals surface area (Å²) in [5, 5.41) is 9.77. The SMILES string of the molecule is Oc1ccc2c(c1)OC1=C(C=CC3=CCc4ccccc4[Se]3)CCCC1=C2. The number of hydrogen-bond donors (Lipinski definition) is 1. The van der Waals surface area contributed by atoms with Gasteiger partial charge in [-0.05, 0) is 0 Å². The van der Waals surface area contributed by atoms with Crippen molar-refractivity contribution in [3.8, 4) is 11.5 Å². The molecular weight excluding hydrogens is 399 g/mol. The van der Waals surface area contributed by atoms with Gasteiger partial charge in [0.25, 0.3) is 0 Å². The quantitative estimate of drug-likeness (QED) is 0.720. The summed E-state index contributed by atoms with van der Waals surface area (Å²) < 4.78 is 9.13. The zero-order chi connectivity index (χ0) is 18.2. The number of hydrogen-bond acceptors (Lipinski definition) is 2. The second-order valence-electron chi connectivity index (χ2n) is 7.06. The Morgan fingerprint density at radius 1 is 1.04 bits per heavy atom. The second-order valence-corrected chi connectivity index (χ2v) is 9.40. The van der Waals surface area contributed by atoms with Crippen molar-refractivity contribution in [3.05, 3.63) is 93.2 Å². The topological polar surface area (TPSA) is 29.5 Å². The van der Waals surface area contributed by atoms with Crippen LogP contribution in [0.25, 0.3) is 6.08 Å². The first-order valence-corrected chi connectivity index (χ1v) is 11.1. The first-order valence-electron chi connectivity index (χ1n) is 9.35. The van der Waals surface area contributed by atoms with Crippen LogP contribution >= 0.6 is 0 Å². The van der Waals surface area contributed by atoms with Crippen LogP contribution in [0.15, 0.2) is 82.1 Å². The van der Waals surface area contributed by atoms with Crippen LogP contribution in [0.4, 0.5) is 0 Å². The molecule has 1 aliphatic carbocycles. The minimum atomic E-state index is 0.243. The van der Waals surface area contributed by atoms with Gasteiger partial charge in [-0.2, -0.15) is 0 Å². The molecule has 2 aromatic rings. The van der Waals surface area contributed by atoms with E-state index in [0.29, 0.717) is 15.0 Å². The number of phenols is 1. The zero-order valence-corrected chi connectivity index (χ0v) is 16.7. The number of rotatable bonds is 2. The Morgan fingerprint density at radius 2 is 1.96 bits per heavy atom. The molecule has 1 N–H and O–H groups in total. The number of allylic oxidation sites excluding steroid dienone is 6. The van der Waals surface area contributed by atoms with Crippen molar-refractivity contribution in [2.24, 2.45) is 0 Å². The van der Waals surface area contributed by atoms with E-state index in [-0.39, 0.29) is 5.75 Å². The third kappa shape index (κ3) is 3.29. The summed E-state index contributed by atoms with van der Waals surface area (Å²) in [5.41, 5.74) is 5.04. The fraction of sp³-hybridized carbons (Fsp3) is 0.167. The molecule has 2 aromatic carbocycles. The molecule has 0 amide bonds. The number of fused-ring (bicyclic) bond motifs is 3. The van der Waals surface area contributed by atoms with Gasteiger partial charge in [0.2, 0.25) is 0 Å². The summed E-state index contributed by atoms with van der Waals surface area (Å²) in [7, 11) is 0. The molecule has 0 saturated carbocycles. The van der Waals surface area contributed by atoms with Crippen molar-refractivity contribution in [1.29, 1.82) is 0 Å². The molecule has 134 valence electrons. The van der Waals surface area contributed by atoms with Gasteiger partial charge in [0.05, 0.1) is 0 Å². The minimum absolute atomic E-state index is 0.243. The average Bonchev–Trinajstić information content (AvgIpc) is 2.70. The van der Waals surface area contributed by atoms with Gasteiger partial charge in [0, 0.05) is 0 Å². The van der Waals surface area contributed by atoms with Crippen molar-refractivity contribution >= 4 is 25.5 Å². The number of benzene rings is 2. The molecule has 0 saturated heterocycles. The maximum absolute atomic E-state index is 9.77. The molecule has 0 aromatic heterocycles. The Bertz CT molecular complexity index is 1040. The Balaban J connectivity index is 1.44. The first kappa shape index (κ1) is 16.7. The van der Waals surface area contributed by atoms with Crippen molar-refractivity contribution in [2.45, 2.75) is 25.7 Å². The van der Waals surface area contributed by atoms with Crippen molar-refractivity contribution in [2.75, 3.05) is 0 Å². The monoisotopic (exact) mass is 420 g/mol. The predicted molar refractivity (Wildman–Crippen MR) is 110 cm³/mol. The summed E-state index contributed by atoms with van der Waals surface area (Å²) >= 11 is 0.371. The first-order chi connectivity index (χ1) is 13.3. The molecule has 2 aliphatic heterocycles. The van der Waals surface area contributed by atoms with Crippen LogP contribution in [0.3, 0.4) is 0 Å². The van der Waals surface area contributed by atoms with E-state index in [9.17, 15) is 5.11 Å². The van der Waals surface area contributed by atoms with Gasteiger partial charge in [-0.3, -0.25) is 0 Å². The number of phenolic OH excluding ortho intramolecular Hbond substituents is 1. The van der Waals surface area contributed by atoms with E-state index in [1.165, 1.54) is 25.6 Å². The molecular formula is C24H20O2Se. The Labute approximate surface area is 165 Å². The molecule has 0 bridgehead atoms. The van der Waals surface area contributed by atoms with Crippen molar-refractivity contribution in [3.63, 3.8) is 0 Å². The summed E-state index contributed by atoms with van der Waals surface area (Å²) in [4.78, 5) is 0.